The molecule has 0 bridgehead atoms. The lowest BCUT2D eigenvalue weighted by molar-refractivity contribution is 0.0597. The fourth-order valence-corrected chi connectivity index (χ4v) is 1.96. The van der Waals surface area contributed by atoms with E-state index in [1.54, 1.807) is 0 Å². The van der Waals surface area contributed by atoms with Gasteiger partial charge in [0.05, 0.1) is 17.7 Å². The molecule has 0 aliphatic carbocycles. The molecule has 0 aromatic heterocycles. The van der Waals surface area contributed by atoms with E-state index < -0.39 is 21.7 Å². The molecule has 17 heavy (non-hydrogen) atoms. The summed E-state index contributed by atoms with van der Waals surface area (Å²) in [5.74, 6) is -1.38. The maximum atomic E-state index is 11.5. The third kappa shape index (κ3) is 2.48. The fraction of sp³-hybridized carbons (Fsp3) is 0.222. The highest BCUT2D eigenvalue weighted by Gasteiger charge is 2.20. The number of carbonyl (C=O) groups excluding carboxylic acids is 1. The molecule has 0 radical (unpaired) electrons. The zero-order chi connectivity index (χ0) is 13.2. The van der Waals surface area contributed by atoms with Crippen LogP contribution >= 0.6 is 0 Å². The summed E-state index contributed by atoms with van der Waals surface area (Å²) >= 11 is 0. The number of phenols is 1. The fourth-order valence-electron chi connectivity index (χ4n) is 1.17. The Hall–Kier alpha value is -1.80. The third-order valence-corrected chi connectivity index (χ3v) is 3.49. The summed E-state index contributed by atoms with van der Waals surface area (Å²) in [4.78, 5) is 11.1. The summed E-state index contributed by atoms with van der Waals surface area (Å²) in [7, 11) is -1.42. The van der Waals surface area contributed by atoms with E-state index in [0.717, 1.165) is 19.2 Å². The largest absolute Gasteiger partial charge is 0.505 e. The first-order chi connectivity index (χ1) is 7.83. The van der Waals surface area contributed by atoms with Gasteiger partial charge in [-0.1, -0.05) is 0 Å². The first kappa shape index (κ1) is 13.3. The number of hydrogen-bond acceptors (Lipinski definition) is 6. The lowest BCUT2D eigenvalue weighted by Crippen LogP contribution is -2.19. The van der Waals surface area contributed by atoms with Crippen molar-refractivity contribution in [1.29, 1.82) is 0 Å². The first-order valence-corrected chi connectivity index (χ1v) is 5.96. The van der Waals surface area contributed by atoms with Crippen LogP contribution in [0.1, 0.15) is 10.4 Å². The first-order valence-electron chi connectivity index (χ1n) is 4.48. The number of carbonyl (C=O) groups is 1. The highest BCUT2D eigenvalue weighted by molar-refractivity contribution is 7.89. The number of phenolic OH excluding ortho intramolecular Hbond substituents is 1. The van der Waals surface area contributed by atoms with Gasteiger partial charge in [0.2, 0.25) is 10.0 Å². The van der Waals surface area contributed by atoms with Crippen molar-refractivity contribution in [2.75, 3.05) is 19.9 Å². The zero-order valence-electron chi connectivity index (χ0n) is 9.22. The molecule has 4 N–H and O–H groups in total. The Morgan fingerprint density at radius 3 is 2.53 bits per heavy atom. The number of rotatable bonds is 3. The number of anilines is 1. The molecular weight excluding hydrogens is 248 g/mol. The van der Waals surface area contributed by atoms with Gasteiger partial charge < -0.3 is 15.6 Å². The molecule has 0 saturated carbocycles. The number of benzene rings is 1. The van der Waals surface area contributed by atoms with E-state index in [1.807, 2.05) is 0 Å². The predicted octanol–water partition coefficient (Wildman–Crippen LogP) is -0.331. The number of esters is 1. The monoisotopic (exact) mass is 260 g/mol. The van der Waals surface area contributed by atoms with E-state index in [4.69, 9.17) is 5.73 Å². The molecule has 0 aliphatic heterocycles. The van der Waals surface area contributed by atoms with Crippen LogP contribution in [0.4, 0.5) is 5.69 Å². The maximum Gasteiger partial charge on any atom is 0.341 e. The lowest BCUT2D eigenvalue weighted by Gasteiger charge is -2.09. The Kier molecular flexibility index (Phi) is 3.59. The smallest absolute Gasteiger partial charge is 0.341 e. The molecule has 1 aromatic carbocycles. The second-order valence-electron chi connectivity index (χ2n) is 3.11. The van der Waals surface area contributed by atoms with Crippen molar-refractivity contribution < 1.29 is 23.1 Å². The molecule has 1 rings (SSSR count). The minimum absolute atomic E-state index is 0.221. The van der Waals surface area contributed by atoms with Gasteiger partial charge in [0.15, 0.2) is 5.75 Å². The SMILES string of the molecule is CNS(=O)(=O)c1cc(N)c(O)c(C(=O)OC)c1. The summed E-state index contributed by atoms with van der Waals surface area (Å²) in [6.45, 7) is 0. The van der Waals surface area contributed by atoms with E-state index in [2.05, 4.69) is 9.46 Å². The molecule has 7 nitrogen and oxygen atoms in total. The standard InChI is InChI=1S/C9H12N2O5S/c1-11-17(14,15)5-3-6(9(13)16-2)8(12)7(10)4-5/h3-4,11-12H,10H2,1-2H3. The molecular formula is C9H12N2O5S. The molecule has 0 heterocycles. The van der Waals surface area contributed by atoms with Crippen LogP contribution in [0.5, 0.6) is 5.75 Å². The van der Waals surface area contributed by atoms with Crippen LogP contribution in [0.15, 0.2) is 17.0 Å². The van der Waals surface area contributed by atoms with Crippen LogP contribution in [0, 0.1) is 0 Å². The second-order valence-corrected chi connectivity index (χ2v) is 4.99. The molecule has 0 aliphatic rings. The summed E-state index contributed by atoms with van der Waals surface area (Å²) in [5, 5.41) is 9.52. The highest BCUT2D eigenvalue weighted by atomic mass is 32.2. The average molecular weight is 260 g/mol. The third-order valence-electron chi connectivity index (χ3n) is 2.10. The van der Waals surface area contributed by atoms with Crippen LogP contribution in [0.25, 0.3) is 0 Å². The van der Waals surface area contributed by atoms with Gasteiger partial charge in [-0.25, -0.2) is 17.9 Å². The molecule has 0 fully saturated rings. The normalized spacial score (nSPS) is 11.2. The van der Waals surface area contributed by atoms with Crippen molar-refractivity contribution in [2.45, 2.75) is 4.90 Å². The van der Waals surface area contributed by atoms with Gasteiger partial charge >= 0.3 is 5.97 Å². The average Bonchev–Trinajstić information content (AvgIpc) is 2.31. The molecule has 0 unspecified atom stereocenters. The second kappa shape index (κ2) is 4.60. The molecule has 0 saturated heterocycles. The Bertz CT molecular complexity index is 553. The van der Waals surface area contributed by atoms with Gasteiger partial charge in [0, 0.05) is 0 Å². The van der Waals surface area contributed by atoms with Crippen molar-refractivity contribution in [1.82, 2.24) is 4.72 Å². The number of nitrogens with one attached hydrogen (secondary N) is 1. The summed E-state index contributed by atoms with van der Waals surface area (Å²) in [5.41, 5.74) is 4.89. The number of ether oxygens (including phenoxy) is 1. The van der Waals surface area contributed by atoms with Gasteiger partial charge in [0.25, 0.3) is 0 Å². The molecule has 94 valence electrons. The maximum absolute atomic E-state index is 11.5. The van der Waals surface area contributed by atoms with Crippen LogP contribution < -0.4 is 10.5 Å². The van der Waals surface area contributed by atoms with Crippen LogP contribution in [-0.2, 0) is 14.8 Å². The van der Waals surface area contributed by atoms with Crippen LogP contribution in [-0.4, -0.2) is 33.7 Å². The van der Waals surface area contributed by atoms with Crippen molar-refractivity contribution in [3.63, 3.8) is 0 Å². The highest BCUT2D eigenvalue weighted by Crippen LogP contribution is 2.29. The number of hydrogen-bond donors (Lipinski definition) is 3. The quantitative estimate of drug-likeness (QED) is 0.389. The van der Waals surface area contributed by atoms with Gasteiger partial charge in [-0.3, -0.25) is 0 Å². The summed E-state index contributed by atoms with van der Waals surface area (Å²) in [6, 6.07) is 2.04. The summed E-state index contributed by atoms with van der Waals surface area (Å²) < 4.78 is 29.5. The number of methoxy groups -OCH3 is 1. The van der Waals surface area contributed by atoms with Crippen molar-refractivity contribution in [3.8, 4) is 5.75 Å². The Labute approximate surface area is 98.2 Å². The lowest BCUT2D eigenvalue weighted by atomic mass is 10.2. The van der Waals surface area contributed by atoms with E-state index in [-0.39, 0.29) is 16.1 Å². The molecule has 1 aromatic rings. The van der Waals surface area contributed by atoms with Gasteiger partial charge in [0.1, 0.15) is 5.56 Å². The van der Waals surface area contributed by atoms with Crippen LogP contribution in [0.3, 0.4) is 0 Å². The Morgan fingerprint density at radius 2 is 2.06 bits per heavy atom. The molecule has 0 spiro atoms. The number of sulfonamides is 1. The van der Waals surface area contributed by atoms with E-state index in [0.29, 0.717) is 0 Å². The Morgan fingerprint density at radius 1 is 1.47 bits per heavy atom. The molecule has 0 amide bonds. The minimum atomic E-state index is -3.75. The van der Waals surface area contributed by atoms with Crippen LogP contribution in [0.2, 0.25) is 0 Å². The van der Waals surface area contributed by atoms with Crippen molar-refractivity contribution >= 4 is 21.7 Å². The zero-order valence-corrected chi connectivity index (χ0v) is 10.0. The number of nitrogens with two attached hydrogens (primary N) is 1. The van der Waals surface area contributed by atoms with E-state index in [9.17, 15) is 18.3 Å². The van der Waals surface area contributed by atoms with Gasteiger partial charge in [-0.05, 0) is 19.2 Å². The Balaban J connectivity index is 3.50. The van der Waals surface area contributed by atoms with Gasteiger partial charge in [-0.15, -0.1) is 0 Å². The molecule has 8 heteroatoms. The topological polar surface area (TPSA) is 119 Å². The minimum Gasteiger partial charge on any atom is -0.505 e. The van der Waals surface area contributed by atoms with E-state index in [1.165, 1.54) is 7.05 Å². The van der Waals surface area contributed by atoms with E-state index >= 15 is 0 Å². The summed E-state index contributed by atoms with van der Waals surface area (Å²) in [6.07, 6.45) is 0. The van der Waals surface area contributed by atoms with Crippen molar-refractivity contribution in [2.24, 2.45) is 0 Å². The number of nitrogen functional groups attached to an aromatic ring is 1. The van der Waals surface area contributed by atoms with Crippen molar-refractivity contribution in [3.05, 3.63) is 17.7 Å². The number of aromatic hydroxyl groups is 1. The predicted molar refractivity (Wildman–Crippen MR) is 60.1 cm³/mol. The molecule has 0 atom stereocenters. The van der Waals surface area contributed by atoms with Gasteiger partial charge in [-0.2, -0.15) is 0 Å².